The van der Waals surface area contributed by atoms with Crippen molar-refractivity contribution in [1.29, 1.82) is 0 Å². The molecule has 4 aromatic rings. The van der Waals surface area contributed by atoms with Crippen LogP contribution in [0.1, 0.15) is 18.9 Å². The summed E-state index contributed by atoms with van der Waals surface area (Å²) in [6.07, 6.45) is 1.88. The number of hydrogen-bond acceptors (Lipinski definition) is 3. The van der Waals surface area contributed by atoms with Gasteiger partial charge in [0, 0.05) is 27.7 Å². The third-order valence-corrected chi connectivity index (χ3v) is 5.49. The zero-order chi connectivity index (χ0) is 20.7. The second-order valence-electron chi connectivity index (χ2n) is 7.45. The Kier molecular flexibility index (Phi) is 4.64. The highest BCUT2D eigenvalue weighted by atomic mass is 35.5. The van der Waals surface area contributed by atoms with Crippen LogP contribution in [-0.4, -0.2) is 20.3 Å². The molecule has 0 unspecified atom stereocenters. The van der Waals surface area contributed by atoms with E-state index < -0.39 is 0 Å². The quantitative estimate of drug-likeness (QED) is 0.519. The number of nitrogens with one attached hydrogen (secondary N) is 1. The summed E-state index contributed by atoms with van der Waals surface area (Å²) >= 11 is 5.99. The lowest BCUT2D eigenvalue weighted by molar-refractivity contribution is -0.117. The fraction of sp³-hybridized carbons (Fsp3) is 0.174. The number of carbonyl (C=O) groups is 1. The van der Waals surface area contributed by atoms with Gasteiger partial charge in [0.15, 0.2) is 5.82 Å². The third-order valence-electron chi connectivity index (χ3n) is 5.24. The Morgan fingerprint density at radius 1 is 1.03 bits per heavy atom. The van der Waals surface area contributed by atoms with Crippen molar-refractivity contribution in [3.63, 3.8) is 0 Å². The molecule has 6 nitrogen and oxygen atoms in total. The van der Waals surface area contributed by atoms with E-state index in [1.54, 1.807) is 16.7 Å². The summed E-state index contributed by atoms with van der Waals surface area (Å²) in [6, 6.07) is 20.9. The molecule has 0 saturated heterocycles. The lowest BCUT2D eigenvalue weighted by Crippen LogP contribution is -2.30. The van der Waals surface area contributed by atoms with Gasteiger partial charge in [0.1, 0.15) is 6.54 Å². The number of anilines is 1. The van der Waals surface area contributed by atoms with E-state index in [4.69, 9.17) is 11.6 Å². The zero-order valence-corrected chi connectivity index (χ0v) is 16.8. The lowest BCUT2D eigenvalue weighted by Gasteiger charge is -2.08. The standard InChI is InChI=1S/C23H19ClN4O2/c24-17-10-8-16(9-11-17)22-26-27(23(30)28(22)18-12-13-18)14-21(29)25-20-7-3-5-15-4-1-2-6-19(15)20/h1-11,18H,12-14H2,(H,25,29). The van der Waals surface area contributed by atoms with Crippen LogP contribution in [0.5, 0.6) is 0 Å². The van der Waals surface area contributed by atoms with E-state index in [0.717, 1.165) is 29.2 Å². The van der Waals surface area contributed by atoms with Gasteiger partial charge in [-0.3, -0.25) is 9.36 Å². The molecule has 0 atom stereocenters. The SMILES string of the molecule is O=C(Cn1nc(-c2ccc(Cl)cc2)n(C2CC2)c1=O)Nc1cccc2ccccc12. The van der Waals surface area contributed by atoms with E-state index >= 15 is 0 Å². The van der Waals surface area contributed by atoms with Crippen molar-refractivity contribution in [3.05, 3.63) is 82.2 Å². The monoisotopic (exact) mass is 418 g/mol. The minimum Gasteiger partial charge on any atom is -0.324 e. The van der Waals surface area contributed by atoms with Crippen LogP contribution < -0.4 is 11.0 Å². The molecule has 1 aliphatic rings. The number of carbonyl (C=O) groups excluding carboxylic acids is 1. The van der Waals surface area contributed by atoms with Gasteiger partial charge in [0.2, 0.25) is 5.91 Å². The average molecular weight is 419 g/mol. The largest absolute Gasteiger partial charge is 0.346 e. The number of fused-ring (bicyclic) bond motifs is 1. The fourth-order valence-corrected chi connectivity index (χ4v) is 3.77. The maximum absolute atomic E-state index is 13.0. The summed E-state index contributed by atoms with van der Waals surface area (Å²) in [4.78, 5) is 25.7. The van der Waals surface area contributed by atoms with Crippen molar-refractivity contribution in [3.8, 4) is 11.4 Å². The summed E-state index contributed by atoms with van der Waals surface area (Å²) in [5.41, 5.74) is 1.25. The van der Waals surface area contributed by atoms with Gasteiger partial charge in [-0.25, -0.2) is 9.48 Å². The molecule has 150 valence electrons. The summed E-state index contributed by atoms with van der Waals surface area (Å²) < 4.78 is 2.93. The highest BCUT2D eigenvalue weighted by Gasteiger charge is 2.30. The van der Waals surface area contributed by atoms with Crippen molar-refractivity contribution in [2.24, 2.45) is 0 Å². The molecule has 0 spiro atoms. The zero-order valence-electron chi connectivity index (χ0n) is 16.1. The molecule has 1 amide bonds. The van der Waals surface area contributed by atoms with Crippen LogP contribution in [-0.2, 0) is 11.3 Å². The molecule has 0 bridgehead atoms. The molecule has 0 aliphatic heterocycles. The van der Waals surface area contributed by atoms with E-state index in [0.29, 0.717) is 16.5 Å². The maximum atomic E-state index is 13.0. The predicted octanol–water partition coefficient (Wildman–Crippen LogP) is 4.49. The van der Waals surface area contributed by atoms with Crippen molar-refractivity contribution < 1.29 is 4.79 Å². The number of amides is 1. The van der Waals surface area contributed by atoms with Crippen LogP contribution in [0.15, 0.2) is 71.5 Å². The van der Waals surface area contributed by atoms with E-state index in [1.165, 1.54) is 4.68 Å². The van der Waals surface area contributed by atoms with Crippen LogP contribution in [0, 0.1) is 0 Å². The van der Waals surface area contributed by atoms with E-state index in [9.17, 15) is 9.59 Å². The Bertz CT molecular complexity index is 1300. The first-order valence-electron chi connectivity index (χ1n) is 9.83. The minimum absolute atomic E-state index is 0.137. The number of nitrogens with zero attached hydrogens (tertiary/aromatic N) is 3. The van der Waals surface area contributed by atoms with Crippen LogP contribution in [0.25, 0.3) is 22.2 Å². The smallest absolute Gasteiger partial charge is 0.324 e. The molecule has 1 fully saturated rings. The van der Waals surface area contributed by atoms with Gasteiger partial charge >= 0.3 is 5.69 Å². The molecule has 1 aliphatic carbocycles. The van der Waals surface area contributed by atoms with Crippen LogP contribution in [0.3, 0.4) is 0 Å². The highest BCUT2D eigenvalue weighted by Crippen LogP contribution is 2.36. The second kappa shape index (κ2) is 7.46. The molecule has 5 rings (SSSR count). The number of aromatic nitrogens is 3. The topological polar surface area (TPSA) is 68.9 Å². The van der Waals surface area contributed by atoms with E-state index in [-0.39, 0.29) is 24.2 Å². The van der Waals surface area contributed by atoms with Gasteiger partial charge in [-0.15, -0.1) is 5.10 Å². The molecule has 1 saturated carbocycles. The summed E-state index contributed by atoms with van der Waals surface area (Å²) in [6.45, 7) is -0.150. The molecule has 0 radical (unpaired) electrons. The summed E-state index contributed by atoms with van der Waals surface area (Å²) in [5, 5.41) is 10.0. The van der Waals surface area contributed by atoms with Crippen molar-refractivity contribution >= 4 is 34.0 Å². The molecule has 1 N–H and O–H groups in total. The Morgan fingerprint density at radius 3 is 2.53 bits per heavy atom. The Morgan fingerprint density at radius 2 is 1.77 bits per heavy atom. The summed E-state index contributed by atoms with van der Waals surface area (Å²) in [5.74, 6) is 0.272. The number of halogens is 1. The minimum atomic E-state index is -0.295. The van der Waals surface area contributed by atoms with Crippen molar-refractivity contribution in [2.75, 3.05) is 5.32 Å². The molecule has 1 heterocycles. The molecule has 7 heteroatoms. The van der Waals surface area contributed by atoms with Crippen molar-refractivity contribution in [2.45, 2.75) is 25.4 Å². The first-order chi connectivity index (χ1) is 14.6. The molecule has 3 aromatic carbocycles. The van der Waals surface area contributed by atoms with Gasteiger partial charge in [-0.05, 0) is 48.6 Å². The second-order valence-corrected chi connectivity index (χ2v) is 7.88. The van der Waals surface area contributed by atoms with Crippen LogP contribution in [0.2, 0.25) is 5.02 Å². The predicted molar refractivity (Wildman–Crippen MR) is 118 cm³/mol. The molecule has 30 heavy (non-hydrogen) atoms. The van der Waals surface area contributed by atoms with Crippen LogP contribution >= 0.6 is 11.6 Å². The number of hydrogen-bond donors (Lipinski definition) is 1. The van der Waals surface area contributed by atoms with Gasteiger partial charge in [0.05, 0.1) is 0 Å². The maximum Gasteiger partial charge on any atom is 0.346 e. The third kappa shape index (κ3) is 3.50. The summed E-state index contributed by atoms with van der Waals surface area (Å²) in [7, 11) is 0. The molecule has 1 aromatic heterocycles. The van der Waals surface area contributed by atoms with Gasteiger partial charge < -0.3 is 5.32 Å². The molecular weight excluding hydrogens is 400 g/mol. The Balaban J connectivity index is 1.44. The van der Waals surface area contributed by atoms with E-state index in [1.807, 2.05) is 54.6 Å². The molecular formula is C23H19ClN4O2. The first-order valence-corrected chi connectivity index (χ1v) is 10.2. The van der Waals surface area contributed by atoms with Crippen molar-refractivity contribution in [1.82, 2.24) is 14.3 Å². The number of benzene rings is 3. The van der Waals surface area contributed by atoms with Gasteiger partial charge in [-0.2, -0.15) is 0 Å². The average Bonchev–Trinajstić information content (AvgIpc) is 3.53. The Labute approximate surface area is 177 Å². The fourth-order valence-electron chi connectivity index (χ4n) is 3.64. The Hall–Kier alpha value is -3.38. The van der Waals surface area contributed by atoms with Gasteiger partial charge in [-0.1, -0.05) is 48.0 Å². The highest BCUT2D eigenvalue weighted by molar-refractivity contribution is 6.30. The number of rotatable bonds is 5. The first kappa shape index (κ1) is 18.6. The normalized spacial score (nSPS) is 13.5. The van der Waals surface area contributed by atoms with Gasteiger partial charge in [0.25, 0.3) is 0 Å². The van der Waals surface area contributed by atoms with Crippen LogP contribution in [0.4, 0.5) is 5.69 Å². The van der Waals surface area contributed by atoms with E-state index in [2.05, 4.69) is 10.4 Å². The lowest BCUT2D eigenvalue weighted by atomic mass is 10.1.